The molecule has 2 aromatic carbocycles. The first-order valence-corrected chi connectivity index (χ1v) is 9.12. The van der Waals surface area contributed by atoms with E-state index in [1.54, 1.807) is 23.8 Å². The maximum absolute atomic E-state index is 12.7. The van der Waals surface area contributed by atoms with Crippen LogP contribution >= 0.6 is 11.3 Å². The van der Waals surface area contributed by atoms with Gasteiger partial charge in [-0.1, -0.05) is 35.6 Å². The number of methoxy groups -OCH3 is 1. The molecule has 2 aromatic heterocycles. The number of ether oxygens (including phenoxy) is 1. The number of rotatable bonds is 4. The van der Waals surface area contributed by atoms with Crippen molar-refractivity contribution >= 4 is 27.9 Å². The van der Waals surface area contributed by atoms with E-state index in [1.165, 1.54) is 11.3 Å². The molecule has 8 heteroatoms. The summed E-state index contributed by atoms with van der Waals surface area (Å²) in [6.07, 6.45) is 0. The van der Waals surface area contributed by atoms with E-state index in [2.05, 4.69) is 20.6 Å². The largest absolute Gasteiger partial charge is 0.496 e. The molecule has 0 radical (unpaired) electrons. The number of aromatic nitrogens is 4. The van der Waals surface area contributed by atoms with Gasteiger partial charge in [0, 0.05) is 11.3 Å². The van der Waals surface area contributed by atoms with E-state index in [1.807, 2.05) is 44.2 Å². The van der Waals surface area contributed by atoms with Crippen LogP contribution in [0.4, 0.5) is 5.69 Å². The highest BCUT2D eigenvalue weighted by molar-refractivity contribution is 7.19. The third-order valence-electron chi connectivity index (χ3n) is 4.23. The second-order valence-corrected chi connectivity index (χ2v) is 6.99. The van der Waals surface area contributed by atoms with Gasteiger partial charge in [0.2, 0.25) is 4.96 Å². The van der Waals surface area contributed by atoms with Crippen LogP contribution in [-0.4, -0.2) is 32.8 Å². The van der Waals surface area contributed by atoms with Crippen LogP contribution in [0, 0.1) is 13.8 Å². The number of nitrogens with one attached hydrogen (secondary N) is 1. The number of anilines is 1. The Morgan fingerprint density at radius 1 is 1.15 bits per heavy atom. The van der Waals surface area contributed by atoms with Crippen molar-refractivity contribution in [2.24, 2.45) is 0 Å². The average molecular weight is 379 g/mol. The van der Waals surface area contributed by atoms with Crippen molar-refractivity contribution in [3.8, 4) is 16.3 Å². The number of carbonyl (C=O) groups excluding carboxylic acids is 1. The molecule has 1 amide bonds. The summed E-state index contributed by atoms with van der Waals surface area (Å²) in [6, 6.07) is 13.0. The van der Waals surface area contributed by atoms with Gasteiger partial charge in [-0.15, -0.1) is 10.2 Å². The molecule has 0 unspecified atom stereocenters. The molecule has 136 valence electrons. The first-order chi connectivity index (χ1) is 13.1. The van der Waals surface area contributed by atoms with Crippen LogP contribution in [0.5, 0.6) is 5.75 Å². The lowest BCUT2D eigenvalue weighted by atomic mass is 10.1. The monoisotopic (exact) mass is 379 g/mol. The van der Waals surface area contributed by atoms with Crippen molar-refractivity contribution in [3.05, 3.63) is 59.4 Å². The van der Waals surface area contributed by atoms with Gasteiger partial charge in [0.25, 0.3) is 5.91 Å². The van der Waals surface area contributed by atoms with Crippen LogP contribution < -0.4 is 10.1 Å². The number of carbonyl (C=O) groups is 1. The average Bonchev–Trinajstić information content (AvgIpc) is 3.25. The minimum absolute atomic E-state index is 0.221. The summed E-state index contributed by atoms with van der Waals surface area (Å²) in [5, 5.41) is 16.4. The summed E-state index contributed by atoms with van der Waals surface area (Å²) >= 11 is 1.45. The molecular weight excluding hydrogens is 362 g/mol. The predicted octanol–water partition coefficient (Wildman–Crippen LogP) is 3.73. The number of aryl methyl sites for hydroxylation is 2. The zero-order valence-electron chi connectivity index (χ0n) is 15.1. The lowest BCUT2D eigenvalue weighted by Gasteiger charge is -2.12. The van der Waals surface area contributed by atoms with E-state index >= 15 is 0 Å². The molecule has 7 nitrogen and oxygen atoms in total. The fraction of sp³-hybridized carbons (Fsp3) is 0.158. The topological polar surface area (TPSA) is 81.4 Å². The predicted molar refractivity (Wildman–Crippen MR) is 105 cm³/mol. The Balaban J connectivity index is 1.67. The first kappa shape index (κ1) is 17.2. The SMILES string of the molecule is COc1ccccc1C(=O)Nc1cc(-c2nn3c(C)nnc3s2)ccc1C. The number of amides is 1. The molecular formula is C19H17N5O2S. The van der Waals surface area contributed by atoms with Crippen LogP contribution in [0.15, 0.2) is 42.5 Å². The van der Waals surface area contributed by atoms with Crippen molar-refractivity contribution in [1.29, 1.82) is 0 Å². The van der Waals surface area contributed by atoms with Gasteiger partial charge in [-0.25, -0.2) is 0 Å². The summed E-state index contributed by atoms with van der Waals surface area (Å²) < 4.78 is 6.99. The quantitative estimate of drug-likeness (QED) is 0.584. The maximum Gasteiger partial charge on any atom is 0.259 e. The Morgan fingerprint density at radius 3 is 2.74 bits per heavy atom. The third-order valence-corrected chi connectivity index (χ3v) is 5.18. The van der Waals surface area contributed by atoms with E-state index < -0.39 is 0 Å². The molecule has 4 rings (SSSR count). The summed E-state index contributed by atoms with van der Waals surface area (Å²) in [5.74, 6) is 1.05. The van der Waals surface area contributed by atoms with Crippen molar-refractivity contribution in [2.45, 2.75) is 13.8 Å². The minimum Gasteiger partial charge on any atom is -0.496 e. The molecule has 0 fully saturated rings. The molecule has 0 aliphatic heterocycles. The number of hydrogen-bond donors (Lipinski definition) is 1. The van der Waals surface area contributed by atoms with Gasteiger partial charge < -0.3 is 10.1 Å². The Bertz CT molecular complexity index is 1150. The second kappa shape index (κ2) is 6.81. The van der Waals surface area contributed by atoms with E-state index in [4.69, 9.17) is 4.74 Å². The lowest BCUT2D eigenvalue weighted by molar-refractivity contribution is 0.102. The highest BCUT2D eigenvalue weighted by Crippen LogP contribution is 2.29. The molecule has 0 saturated carbocycles. The van der Waals surface area contributed by atoms with Gasteiger partial charge in [-0.05, 0) is 37.6 Å². The molecule has 0 spiro atoms. The van der Waals surface area contributed by atoms with Gasteiger partial charge in [-0.2, -0.15) is 9.61 Å². The van der Waals surface area contributed by atoms with Crippen molar-refractivity contribution in [2.75, 3.05) is 12.4 Å². The van der Waals surface area contributed by atoms with E-state index in [0.29, 0.717) is 11.3 Å². The normalized spacial score (nSPS) is 10.9. The zero-order chi connectivity index (χ0) is 19.0. The molecule has 0 bridgehead atoms. The fourth-order valence-corrected chi connectivity index (χ4v) is 3.62. The molecule has 4 aromatic rings. The molecule has 0 aliphatic rings. The number of para-hydroxylation sites is 1. The minimum atomic E-state index is -0.221. The van der Waals surface area contributed by atoms with Gasteiger partial charge in [0.15, 0.2) is 5.82 Å². The highest BCUT2D eigenvalue weighted by Gasteiger charge is 2.15. The fourth-order valence-electron chi connectivity index (χ4n) is 2.74. The third kappa shape index (κ3) is 3.15. The Labute approximate surface area is 159 Å². The smallest absolute Gasteiger partial charge is 0.259 e. The van der Waals surface area contributed by atoms with E-state index in [-0.39, 0.29) is 5.91 Å². The molecule has 27 heavy (non-hydrogen) atoms. The summed E-state index contributed by atoms with van der Waals surface area (Å²) in [7, 11) is 1.55. The number of nitrogens with zero attached hydrogens (tertiary/aromatic N) is 4. The van der Waals surface area contributed by atoms with Gasteiger partial charge in [-0.3, -0.25) is 4.79 Å². The van der Waals surface area contributed by atoms with Crippen molar-refractivity contribution in [3.63, 3.8) is 0 Å². The zero-order valence-corrected chi connectivity index (χ0v) is 15.9. The van der Waals surface area contributed by atoms with Gasteiger partial charge >= 0.3 is 0 Å². The summed E-state index contributed by atoms with van der Waals surface area (Å²) in [6.45, 7) is 3.81. The van der Waals surface area contributed by atoms with E-state index in [0.717, 1.165) is 32.6 Å². The molecule has 0 saturated heterocycles. The molecule has 1 N–H and O–H groups in total. The number of hydrogen-bond acceptors (Lipinski definition) is 6. The lowest BCUT2D eigenvalue weighted by Crippen LogP contribution is -2.14. The van der Waals surface area contributed by atoms with E-state index in [9.17, 15) is 4.79 Å². The maximum atomic E-state index is 12.7. The number of fused-ring (bicyclic) bond motifs is 1. The van der Waals surface area contributed by atoms with Crippen molar-refractivity contribution in [1.82, 2.24) is 19.8 Å². The standard InChI is InChI=1S/C19H17N5O2S/c1-11-8-9-13(18-23-24-12(2)21-22-19(24)27-18)10-15(11)20-17(25)14-6-4-5-7-16(14)26-3/h4-10H,1-3H3,(H,20,25). The van der Waals surface area contributed by atoms with Crippen LogP contribution in [0.3, 0.4) is 0 Å². The molecule has 2 heterocycles. The Kier molecular flexibility index (Phi) is 4.33. The van der Waals surface area contributed by atoms with Crippen molar-refractivity contribution < 1.29 is 9.53 Å². The Hall–Kier alpha value is -3.26. The van der Waals surface area contributed by atoms with Crippen LogP contribution in [-0.2, 0) is 0 Å². The Morgan fingerprint density at radius 2 is 1.96 bits per heavy atom. The second-order valence-electron chi connectivity index (χ2n) is 6.03. The molecule has 0 atom stereocenters. The van der Waals surface area contributed by atoms with Crippen LogP contribution in [0.2, 0.25) is 0 Å². The van der Waals surface area contributed by atoms with Gasteiger partial charge in [0.1, 0.15) is 10.8 Å². The highest BCUT2D eigenvalue weighted by atomic mass is 32.1. The van der Waals surface area contributed by atoms with Crippen LogP contribution in [0.1, 0.15) is 21.7 Å². The van der Waals surface area contributed by atoms with Crippen LogP contribution in [0.25, 0.3) is 15.5 Å². The number of benzene rings is 2. The molecule has 0 aliphatic carbocycles. The summed E-state index contributed by atoms with van der Waals surface area (Å²) in [5.41, 5.74) is 3.08. The summed E-state index contributed by atoms with van der Waals surface area (Å²) in [4.78, 5) is 13.5. The first-order valence-electron chi connectivity index (χ1n) is 8.31. The van der Waals surface area contributed by atoms with Gasteiger partial charge in [0.05, 0.1) is 12.7 Å².